The maximum absolute atomic E-state index is 10.4. The summed E-state index contributed by atoms with van der Waals surface area (Å²) in [5, 5.41) is 19.9. The van der Waals surface area contributed by atoms with Crippen LogP contribution in [-0.4, -0.2) is 29.2 Å². The number of carboxylic acid groups (broad SMARTS) is 1. The van der Waals surface area contributed by atoms with Gasteiger partial charge < -0.3 is 10.0 Å². The lowest BCUT2D eigenvalue weighted by Crippen LogP contribution is -2.17. The van der Waals surface area contributed by atoms with Gasteiger partial charge in [-0.05, 0) is 18.5 Å². The molecule has 0 unspecified atom stereocenters. The highest BCUT2D eigenvalue weighted by molar-refractivity contribution is 7.11. The Morgan fingerprint density at radius 2 is 2.47 bits per heavy atom. The molecule has 0 bridgehead atoms. The maximum Gasteiger partial charge on any atom is 0.409 e. The molecule has 0 atom stereocenters. The minimum absolute atomic E-state index is 0.264. The van der Waals surface area contributed by atoms with Crippen molar-refractivity contribution in [3.63, 3.8) is 0 Å². The summed E-state index contributed by atoms with van der Waals surface area (Å²) >= 11 is 0.967. The summed E-state index contributed by atoms with van der Waals surface area (Å²) < 4.78 is 4.03. The van der Waals surface area contributed by atoms with Crippen LogP contribution in [0.25, 0.3) is 0 Å². The van der Waals surface area contributed by atoms with Crippen molar-refractivity contribution in [2.75, 3.05) is 23.8 Å². The number of amides is 1. The number of hydrogen-bond acceptors (Lipinski definition) is 5. The largest absolute Gasteiger partial charge is 0.465 e. The van der Waals surface area contributed by atoms with Crippen molar-refractivity contribution in [1.82, 2.24) is 4.37 Å². The molecule has 15 heavy (non-hydrogen) atoms. The van der Waals surface area contributed by atoms with Crippen LogP contribution in [0, 0.1) is 11.3 Å². The molecule has 0 spiro atoms. The normalized spacial score (nSPS) is 9.40. The van der Waals surface area contributed by atoms with Crippen molar-refractivity contribution in [2.24, 2.45) is 0 Å². The quantitative estimate of drug-likeness (QED) is 0.816. The van der Waals surface area contributed by atoms with E-state index in [2.05, 4.69) is 9.69 Å². The maximum atomic E-state index is 10.4. The van der Waals surface area contributed by atoms with Crippen molar-refractivity contribution < 1.29 is 9.90 Å². The molecule has 2 N–H and O–H groups in total. The second kappa shape index (κ2) is 4.61. The van der Waals surface area contributed by atoms with Crippen LogP contribution in [0.3, 0.4) is 0 Å². The number of nitrogens with zero attached hydrogens (tertiary/aromatic N) is 3. The van der Waals surface area contributed by atoms with Crippen molar-refractivity contribution in [3.8, 4) is 6.07 Å². The summed E-state index contributed by atoms with van der Waals surface area (Å²) in [6.45, 7) is 2.62. The lowest BCUT2D eigenvalue weighted by atomic mass is 10.3. The Kier molecular flexibility index (Phi) is 3.46. The molecular formula is C8H10N4O2S. The minimum Gasteiger partial charge on any atom is -0.465 e. The number of hydrogen-bond donors (Lipinski definition) is 2. The number of nitriles is 1. The first kappa shape index (κ1) is 11.3. The van der Waals surface area contributed by atoms with Gasteiger partial charge in [0, 0.05) is 13.6 Å². The van der Waals surface area contributed by atoms with Gasteiger partial charge >= 0.3 is 6.09 Å². The number of rotatable bonds is 3. The van der Waals surface area contributed by atoms with Crippen molar-refractivity contribution in [2.45, 2.75) is 6.92 Å². The van der Waals surface area contributed by atoms with Gasteiger partial charge in [-0.3, -0.25) is 5.32 Å². The predicted octanol–water partition coefficient (Wildman–Crippen LogP) is 1.56. The summed E-state index contributed by atoms with van der Waals surface area (Å²) in [7, 11) is 1.79. The second-order valence-corrected chi connectivity index (χ2v) is 3.54. The topological polar surface area (TPSA) is 89.2 Å². The molecule has 1 amide bonds. The molecule has 0 aliphatic heterocycles. The summed E-state index contributed by atoms with van der Waals surface area (Å²) in [6.07, 6.45) is -1.19. The smallest absolute Gasteiger partial charge is 0.409 e. The minimum atomic E-state index is -1.19. The molecule has 6 nitrogen and oxygen atoms in total. The molecule has 0 saturated heterocycles. The fourth-order valence-corrected chi connectivity index (χ4v) is 1.74. The van der Waals surface area contributed by atoms with Crippen molar-refractivity contribution in [3.05, 3.63) is 5.56 Å². The van der Waals surface area contributed by atoms with Crippen LogP contribution in [0.15, 0.2) is 0 Å². The monoisotopic (exact) mass is 226 g/mol. The first-order valence-corrected chi connectivity index (χ1v) is 4.98. The van der Waals surface area contributed by atoms with Gasteiger partial charge in [-0.1, -0.05) is 0 Å². The Labute approximate surface area is 90.9 Å². The molecule has 1 heterocycles. The molecule has 0 aliphatic carbocycles. The van der Waals surface area contributed by atoms with E-state index in [-0.39, 0.29) is 10.6 Å². The van der Waals surface area contributed by atoms with Gasteiger partial charge in [-0.15, -0.1) is 0 Å². The van der Waals surface area contributed by atoms with Crippen LogP contribution in [0.2, 0.25) is 0 Å². The van der Waals surface area contributed by atoms with Gasteiger partial charge in [-0.25, -0.2) is 4.79 Å². The van der Waals surface area contributed by atoms with Crippen LogP contribution in [0.1, 0.15) is 12.5 Å². The molecular weight excluding hydrogens is 216 g/mol. The van der Waals surface area contributed by atoms with E-state index in [1.165, 1.54) is 0 Å². The molecule has 7 heteroatoms. The van der Waals surface area contributed by atoms with Gasteiger partial charge in [0.2, 0.25) is 0 Å². The number of aromatic nitrogens is 1. The van der Waals surface area contributed by atoms with E-state index in [0.29, 0.717) is 12.4 Å². The van der Waals surface area contributed by atoms with Crippen LogP contribution in [-0.2, 0) is 0 Å². The molecule has 1 rings (SSSR count). The number of nitrogens with one attached hydrogen (secondary N) is 1. The molecule has 1 aromatic heterocycles. The first-order valence-electron chi connectivity index (χ1n) is 4.21. The Balaban J connectivity index is 3.07. The molecule has 0 fully saturated rings. The van der Waals surface area contributed by atoms with E-state index in [4.69, 9.17) is 10.4 Å². The lowest BCUT2D eigenvalue weighted by Gasteiger charge is -2.12. The molecule has 1 aromatic rings. The highest BCUT2D eigenvalue weighted by Crippen LogP contribution is 2.29. The average Bonchev–Trinajstić information content (AvgIpc) is 2.58. The third-order valence-electron chi connectivity index (χ3n) is 1.84. The zero-order valence-corrected chi connectivity index (χ0v) is 9.13. The summed E-state index contributed by atoms with van der Waals surface area (Å²) in [5.74, 6) is 0.508. The third-order valence-corrected chi connectivity index (χ3v) is 2.60. The van der Waals surface area contributed by atoms with E-state index in [1.54, 1.807) is 11.9 Å². The Morgan fingerprint density at radius 1 is 1.80 bits per heavy atom. The van der Waals surface area contributed by atoms with Crippen LogP contribution >= 0.6 is 11.5 Å². The fraction of sp³-hybridized carbons (Fsp3) is 0.375. The summed E-state index contributed by atoms with van der Waals surface area (Å²) in [5.41, 5.74) is 0.270. The standard InChI is InChI=1S/C8H10N4O2S/c1-3-12(2)6-5(4-9)7(15-11-6)10-8(13)14/h10H,3H2,1-2H3,(H,13,14). The van der Waals surface area contributed by atoms with Gasteiger partial charge in [0.15, 0.2) is 5.82 Å². The van der Waals surface area contributed by atoms with E-state index in [1.807, 2.05) is 13.0 Å². The van der Waals surface area contributed by atoms with Gasteiger partial charge in [0.1, 0.15) is 16.6 Å². The summed E-state index contributed by atoms with van der Waals surface area (Å²) in [6, 6.07) is 1.95. The Hall–Kier alpha value is -1.81. The lowest BCUT2D eigenvalue weighted by molar-refractivity contribution is 0.210. The Bertz CT molecular complexity index is 409. The molecule has 0 radical (unpaired) electrons. The number of anilines is 2. The first-order chi connectivity index (χ1) is 7.10. The van der Waals surface area contributed by atoms with Crippen LogP contribution in [0.5, 0.6) is 0 Å². The molecule has 0 aromatic carbocycles. The third kappa shape index (κ3) is 2.35. The van der Waals surface area contributed by atoms with E-state index >= 15 is 0 Å². The fourth-order valence-electron chi connectivity index (χ4n) is 0.975. The number of carbonyl (C=O) groups is 1. The van der Waals surface area contributed by atoms with E-state index < -0.39 is 6.09 Å². The highest BCUT2D eigenvalue weighted by Gasteiger charge is 2.17. The van der Waals surface area contributed by atoms with Gasteiger partial charge in [0.05, 0.1) is 0 Å². The second-order valence-electron chi connectivity index (χ2n) is 2.77. The van der Waals surface area contributed by atoms with E-state index in [9.17, 15) is 4.79 Å². The average molecular weight is 226 g/mol. The van der Waals surface area contributed by atoms with Crippen molar-refractivity contribution >= 4 is 28.4 Å². The highest BCUT2D eigenvalue weighted by atomic mass is 32.1. The molecule has 0 saturated carbocycles. The van der Waals surface area contributed by atoms with Gasteiger partial charge in [-0.2, -0.15) is 9.64 Å². The zero-order valence-electron chi connectivity index (χ0n) is 8.31. The van der Waals surface area contributed by atoms with Crippen LogP contribution < -0.4 is 10.2 Å². The zero-order chi connectivity index (χ0) is 11.4. The van der Waals surface area contributed by atoms with Crippen LogP contribution in [0.4, 0.5) is 15.6 Å². The van der Waals surface area contributed by atoms with Gasteiger partial charge in [0.25, 0.3) is 0 Å². The van der Waals surface area contributed by atoms with E-state index in [0.717, 1.165) is 11.5 Å². The Morgan fingerprint density at radius 3 is 2.93 bits per heavy atom. The predicted molar refractivity (Wildman–Crippen MR) is 57.4 cm³/mol. The molecule has 80 valence electrons. The summed E-state index contributed by atoms with van der Waals surface area (Å²) in [4.78, 5) is 12.2. The SMILES string of the molecule is CCN(C)c1nsc(NC(=O)O)c1C#N. The molecule has 0 aliphatic rings. The van der Waals surface area contributed by atoms with Crippen molar-refractivity contribution in [1.29, 1.82) is 5.26 Å².